The van der Waals surface area contributed by atoms with Crippen molar-refractivity contribution in [2.75, 3.05) is 6.61 Å². The zero-order chi connectivity index (χ0) is 31.8. The first kappa shape index (κ1) is 32.6. The van der Waals surface area contributed by atoms with E-state index < -0.39 is 35.0 Å². The Balaban J connectivity index is 1.72. The number of rotatable bonds is 7. The molecule has 5 rings (SSSR count). The number of carbonyl (C=O) groups is 1. The average Bonchev–Trinajstić information content (AvgIpc) is 3.27. The average molecular weight is 794 g/mol. The maximum atomic E-state index is 14.4. The van der Waals surface area contributed by atoms with Crippen LogP contribution < -0.4 is 19.6 Å². The number of hydrogen-bond acceptors (Lipinski definition) is 6. The number of alkyl halides is 3. The number of carbonyl (C=O) groups excluding carboxylic acids is 1. The number of nitrogens with zero attached hydrogens (tertiary/aromatic N) is 2. The van der Waals surface area contributed by atoms with Crippen LogP contribution in [0.1, 0.15) is 29.7 Å². The van der Waals surface area contributed by atoms with Gasteiger partial charge in [-0.2, -0.15) is 13.2 Å². The van der Waals surface area contributed by atoms with Crippen LogP contribution in [-0.4, -0.2) is 23.3 Å². The Morgan fingerprint density at radius 1 is 1.09 bits per heavy atom. The molecule has 228 valence electrons. The Bertz CT molecular complexity index is 1980. The third-order valence-electron chi connectivity index (χ3n) is 6.43. The van der Waals surface area contributed by atoms with E-state index in [1.807, 2.05) is 28.7 Å². The molecule has 1 aliphatic heterocycles. The van der Waals surface area contributed by atoms with Crippen molar-refractivity contribution in [3.05, 3.63) is 127 Å². The second-order valence-corrected chi connectivity index (χ2v) is 12.8. The van der Waals surface area contributed by atoms with Crippen LogP contribution in [0.4, 0.5) is 13.2 Å². The van der Waals surface area contributed by atoms with Gasteiger partial charge in [0, 0.05) is 26.2 Å². The van der Waals surface area contributed by atoms with E-state index in [4.69, 9.17) is 44.3 Å². The Morgan fingerprint density at radius 2 is 1.80 bits per heavy atom. The van der Waals surface area contributed by atoms with Gasteiger partial charge in [0.2, 0.25) is 0 Å². The van der Waals surface area contributed by atoms with Crippen molar-refractivity contribution < 1.29 is 27.4 Å². The summed E-state index contributed by atoms with van der Waals surface area (Å²) in [5, 5.41) is 1.17. The summed E-state index contributed by atoms with van der Waals surface area (Å²) < 4.78 is 56.0. The molecule has 2 heterocycles. The largest absolute Gasteiger partial charge is 0.487 e. The van der Waals surface area contributed by atoms with Crippen molar-refractivity contribution in [2.24, 2.45) is 4.99 Å². The van der Waals surface area contributed by atoms with Gasteiger partial charge in [0.25, 0.3) is 5.56 Å². The van der Waals surface area contributed by atoms with Crippen LogP contribution in [0.5, 0.6) is 5.75 Å². The molecular weight excluding hydrogens is 775 g/mol. The third-order valence-corrected chi connectivity index (χ3v) is 9.06. The standard InChI is InChI=1S/C30H19Cl3F3IN2O4S/c1-2-42-28(41)23-24(15-7-9-18(31)10-8-15)39-27(40)22(44-29(39)38-26(23)30(34,35)36)12-17-11-19(32)13-21(37)25(17)43-14-16-5-3-4-6-20(16)33/h3-13,24H,2,14H2,1H3/b22-12-/t24-/m0/s1. The number of esters is 1. The first-order chi connectivity index (χ1) is 20.9. The Morgan fingerprint density at radius 3 is 2.45 bits per heavy atom. The van der Waals surface area contributed by atoms with Crippen LogP contribution in [0.2, 0.25) is 15.1 Å². The summed E-state index contributed by atoms with van der Waals surface area (Å²) >= 11 is 21.4. The first-order valence-corrected chi connectivity index (χ1v) is 15.8. The third kappa shape index (κ3) is 6.71. The Hall–Kier alpha value is -2.84. The fourth-order valence-corrected chi connectivity index (χ4v) is 7.07. The summed E-state index contributed by atoms with van der Waals surface area (Å²) in [6, 6.07) is 14.7. The lowest BCUT2D eigenvalue weighted by molar-refractivity contribution is -0.140. The van der Waals surface area contributed by atoms with Gasteiger partial charge < -0.3 is 9.47 Å². The second kappa shape index (κ2) is 13.3. The van der Waals surface area contributed by atoms with Crippen LogP contribution in [0.15, 0.2) is 81.7 Å². The van der Waals surface area contributed by atoms with Crippen LogP contribution >= 0.6 is 68.7 Å². The fraction of sp³-hybridized carbons (Fsp3) is 0.167. The number of benzene rings is 3. The van der Waals surface area contributed by atoms with Crippen LogP contribution in [-0.2, 0) is 16.1 Å². The molecule has 1 atom stereocenters. The van der Waals surface area contributed by atoms with E-state index in [-0.39, 0.29) is 28.1 Å². The number of allylic oxidation sites excluding steroid dienone is 1. The van der Waals surface area contributed by atoms with Crippen molar-refractivity contribution >= 4 is 80.8 Å². The Labute approximate surface area is 281 Å². The summed E-state index contributed by atoms with van der Waals surface area (Å²) in [6.07, 6.45) is -3.55. The molecule has 0 aliphatic carbocycles. The van der Waals surface area contributed by atoms with E-state index in [1.165, 1.54) is 37.3 Å². The molecule has 3 aromatic carbocycles. The van der Waals surface area contributed by atoms with Crippen molar-refractivity contribution in [3.63, 3.8) is 0 Å². The normalized spacial score (nSPS) is 15.2. The lowest BCUT2D eigenvalue weighted by Crippen LogP contribution is -2.41. The van der Waals surface area contributed by atoms with Crippen LogP contribution in [0.3, 0.4) is 0 Å². The van der Waals surface area contributed by atoms with E-state index in [9.17, 15) is 22.8 Å². The van der Waals surface area contributed by atoms with Gasteiger partial charge in [-0.15, -0.1) is 0 Å². The molecule has 6 nitrogen and oxygen atoms in total. The highest BCUT2D eigenvalue weighted by atomic mass is 127. The van der Waals surface area contributed by atoms with Crippen molar-refractivity contribution in [1.82, 2.24) is 4.57 Å². The molecule has 0 unspecified atom stereocenters. The van der Waals surface area contributed by atoms with E-state index in [1.54, 1.807) is 30.3 Å². The molecule has 0 fully saturated rings. The van der Waals surface area contributed by atoms with Crippen LogP contribution in [0, 0.1) is 3.57 Å². The topological polar surface area (TPSA) is 69.9 Å². The quantitative estimate of drug-likeness (QED) is 0.144. The molecule has 0 spiro atoms. The summed E-state index contributed by atoms with van der Waals surface area (Å²) in [7, 11) is 0. The minimum absolute atomic E-state index is 0.0370. The van der Waals surface area contributed by atoms with Crippen LogP contribution in [0.25, 0.3) is 6.08 Å². The van der Waals surface area contributed by atoms with Gasteiger partial charge in [-0.3, -0.25) is 9.36 Å². The number of hydrogen-bond donors (Lipinski definition) is 0. The molecule has 4 aromatic rings. The number of halogens is 7. The molecule has 14 heteroatoms. The predicted molar refractivity (Wildman–Crippen MR) is 172 cm³/mol. The number of thiazole rings is 1. The lowest BCUT2D eigenvalue weighted by Gasteiger charge is -2.26. The van der Waals surface area contributed by atoms with Crippen molar-refractivity contribution in [1.29, 1.82) is 0 Å². The molecule has 1 aromatic heterocycles. The smallest absolute Gasteiger partial charge is 0.434 e. The lowest BCUT2D eigenvalue weighted by atomic mass is 9.95. The molecule has 0 N–H and O–H groups in total. The van der Waals surface area contributed by atoms with Gasteiger partial charge in [-0.1, -0.05) is 76.5 Å². The monoisotopic (exact) mass is 792 g/mol. The second-order valence-electron chi connectivity index (χ2n) is 9.30. The predicted octanol–water partition coefficient (Wildman–Crippen LogP) is 7.48. The summed E-state index contributed by atoms with van der Waals surface area (Å²) in [6.45, 7) is 1.39. The SMILES string of the molecule is CCOC(=O)C1=C(C(F)(F)F)N=c2s/c(=C\c3cc(Cl)cc(I)c3OCc3ccccc3Cl)c(=O)n2[C@H]1c1ccc(Cl)cc1. The van der Waals surface area contributed by atoms with Gasteiger partial charge in [-0.05, 0) is 71.5 Å². The maximum Gasteiger partial charge on any atom is 0.434 e. The minimum Gasteiger partial charge on any atom is -0.487 e. The molecule has 0 bridgehead atoms. The van der Waals surface area contributed by atoms with Gasteiger partial charge in [0.1, 0.15) is 12.4 Å². The Kier molecular flexibility index (Phi) is 9.81. The zero-order valence-electron chi connectivity index (χ0n) is 22.4. The molecule has 0 saturated carbocycles. The number of fused-ring (bicyclic) bond motifs is 1. The first-order valence-electron chi connectivity index (χ1n) is 12.8. The molecule has 0 saturated heterocycles. The fourth-order valence-electron chi connectivity index (χ4n) is 4.55. The summed E-state index contributed by atoms with van der Waals surface area (Å²) in [4.78, 5) is 30.5. The van der Waals surface area contributed by atoms with E-state index in [0.29, 0.717) is 30.0 Å². The zero-order valence-corrected chi connectivity index (χ0v) is 27.7. The van der Waals surface area contributed by atoms with Gasteiger partial charge in [0.05, 0.1) is 26.3 Å². The van der Waals surface area contributed by atoms with E-state index >= 15 is 0 Å². The summed E-state index contributed by atoms with van der Waals surface area (Å²) in [5.74, 6) is -0.851. The van der Waals surface area contributed by atoms with Crippen molar-refractivity contribution in [3.8, 4) is 5.75 Å². The number of aromatic nitrogens is 1. The number of ether oxygens (including phenoxy) is 2. The molecular formula is C30H19Cl3F3IN2O4S. The molecule has 44 heavy (non-hydrogen) atoms. The molecule has 1 aliphatic rings. The van der Waals surface area contributed by atoms with Crippen molar-refractivity contribution in [2.45, 2.75) is 25.7 Å². The van der Waals surface area contributed by atoms with E-state index in [2.05, 4.69) is 4.99 Å². The highest BCUT2D eigenvalue weighted by Gasteiger charge is 2.45. The molecule has 0 radical (unpaired) electrons. The summed E-state index contributed by atoms with van der Waals surface area (Å²) in [5.41, 5.74) is -1.58. The van der Waals surface area contributed by atoms with Gasteiger partial charge in [0.15, 0.2) is 10.5 Å². The van der Waals surface area contributed by atoms with Gasteiger partial charge in [-0.25, -0.2) is 9.79 Å². The minimum atomic E-state index is -5.02. The maximum absolute atomic E-state index is 14.4. The molecule has 0 amide bonds. The highest BCUT2D eigenvalue weighted by molar-refractivity contribution is 14.1. The van der Waals surface area contributed by atoms with Gasteiger partial charge >= 0.3 is 12.1 Å². The van der Waals surface area contributed by atoms with E-state index in [0.717, 1.165) is 21.5 Å². The highest BCUT2D eigenvalue weighted by Crippen LogP contribution is 2.38.